The molecule has 4 nitrogen and oxygen atoms in total. The van der Waals surface area contributed by atoms with Crippen LogP contribution in [0.15, 0.2) is 82.0 Å². The summed E-state index contributed by atoms with van der Waals surface area (Å²) in [5.74, 6) is 0.764. The molecule has 0 aliphatic carbocycles. The Kier molecular flexibility index (Phi) is 4.58. The molecule has 144 valence electrons. The number of benzene rings is 3. The third kappa shape index (κ3) is 3.53. The first kappa shape index (κ1) is 18.0. The van der Waals surface area contributed by atoms with Gasteiger partial charge in [-0.2, -0.15) is 0 Å². The Balaban J connectivity index is 1.51. The van der Waals surface area contributed by atoms with E-state index in [0.29, 0.717) is 24.4 Å². The van der Waals surface area contributed by atoms with Crippen LogP contribution in [-0.4, -0.2) is 11.6 Å². The Bertz CT molecular complexity index is 1230. The summed E-state index contributed by atoms with van der Waals surface area (Å²) >= 11 is 5.98. The van der Waals surface area contributed by atoms with E-state index in [1.54, 1.807) is 0 Å². The summed E-state index contributed by atoms with van der Waals surface area (Å²) in [4.78, 5) is 14.9. The molecule has 1 aliphatic rings. The number of ether oxygens (including phenoxy) is 1. The van der Waals surface area contributed by atoms with Crippen LogP contribution in [0.5, 0.6) is 5.75 Å². The summed E-state index contributed by atoms with van der Waals surface area (Å²) < 4.78 is 11.7. The maximum atomic E-state index is 12.7. The van der Waals surface area contributed by atoms with Gasteiger partial charge in [0.05, 0.1) is 11.1 Å². The van der Waals surface area contributed by atoms with Gasteiger partial charge in [0.1, 0.15) is 18.1 Å². The zero-order valence-electron chi connectivity index (χ0n) is 15.6. The minimum atomic E-state index is -0.341. The fourth-order valence-electron chi connectivity index (χ4n) is 3.71. The zero-order chi connectivity index (χ0) is 19.8. The quantitative estimate of drug-likeness (QED) is 0.426. The number of rotatable bonds is 3. The largest absolute Gasteiger partial charge is 0.478 e. The molecule has 0 amide bonds. The first-order valence-corrected chi connectivity index (χ1v) is 9.80. The predicted molar refractivity (Wildman–Crippen MR) is 114 cm³/mol. The Morgan fingerprint density at radius 1 is 0.966 bits per heavy atom. The molecule has 0 unspecified atom stereocenters. The van der Waals surface area contributed by atoms with Gasteiger partial charge in [-0.25, -0.2) is 4.79 Å². The second kappa shape index (κ2) is 7.39. The molecule has 0 saturated heterocycles. The van der Waals surface area contributed by atoms with E-state index >= 15 is 0 Å². The van der Waals surface area contributed by atoms with Crippen LogP contribution in [-0.2, 0) is 13.1 Å². The van der Waals surface area contributed by atoms with Gasteiger partial charge in [0.2, 0.25) is 0 Å². The Morgan fingerprint density at radius 3 is 2.55 bits per heavy atom. The van der Waals surface area contributed by atoms with E-state index in [1.165, 1.54) is 0 Å². The normalized spacial score (nSPS) is 13.8. The van der Waals surface area contributed by atoms with Crippen molar-refractivity contribution in [2.75, 3.05) is 6.73 Å². The summed E-state index contributed by atoms with van der Waals surface area (Å²) in [6, 6.07) is 23.1. The molecule has 29 heavy (non-hydrogen) atoms. The summed E-state index contributed by atoms with van der Waals surface area (Å²) in [6.07, 6.45) is 0. The van der Waals surface area contributed by atoms with Crippen molar-refractivity contribution in [3.63, 3.8) is 0 Å². The average Bonchev–Trinajstić information content (AvgIpc) is 2.75. The summed E-state index contributed by atoms with van der Waals surface area (Å²) in [5, 5.41) is 1.61. The summed E-state index contributed by atoms with van der Waals surface area (Å²) in [5.41, 5.74) is 3.71. The van der Waals surface area contributed by atoms with Crippen molar-refractivity contribution in [2.45, 2.75) is 13.1 Å². The van der Waals surface area contributed by atoms with Gasteiger partial charge in [0.15, 0.2) is 0 Å². The number of halogens is 1. The van der Waals surface area contributed by atoms with Crippen LogP contribution in [0.4, 0.5) is 0 Å². The molecule has 0 radical (unpaired) electrons. The van der Waals surface area contributed by atoms with Crippen LogP contribution in [0, 0.1) is 0 Å². The fourth-order valence-corrected chi connectivity index (χ4v) is 3.83. The van der Waals surface area contributed by atoms with E-state index in [9.17, 15) is 4.79 Å². The van der Waals surface area contributed by atoms with Crippen molar-refractivity contribution < 1.29 is 9.15 Å². The van der Waals surface area contributed by atoms with Crippen LogP contribution in [0.25, 0.3) is 22.1 Å². The number of nitrogens with zero attached hydrogens (tertiary/aromatic N) is 1. The Labute approximate surface area is 172 Å². The standard InChI is InChI=1S/C24H18ClNO3/c25-19-9-6-16(7-10-19)13-26-14-21-22(28-15-26)11-8-18-12-20(24(27)29-23(18)21)17-4-2-1-3-5-17/h1-12H,13-15H2. The minimum Gasteiger partial charge on any atom is -0.478 e. The lowest BCUT2D eigenvalue weighted by Gasteiger charge is -2.29. The van der Waals surface area contributed by atoms with Crippen molar-refractivity contribution in [2.24, 2.45) is 0 Å². The van der Waals surface area contributed by atoms with Crippen molar-refractivity contribution in [3.8, 4) is 16.9 Å². The monoisotopic (exact) mass is 403 g/mol. The molecule has 3 aromatic carbocycles. The fraction of sp³-hybridized carbons (Fsp3) is 0.125. The second-order valence-electron chi connectivity index (χ2n) is 7.16. The number of fused-ring (bicyclic) bond motifs is 3. The first-order chi connectivity index (χ1) is 14.2. The van der Waals surface area contributed by atoms with Crippen LogP contribution in [0.2, 0.25) is 5.02 Å². The molecular formula is C24H18ClNO3. The van der Waals surface area contributed by atoms with E-state index in [4.69, 9.17) is 20.8 Å². The smallest absolute Gasteiger partial charge is 0.344 e. The lowest BCUT2D eigenvalue weighted by molar-refractivity contribution is 0.0890. The predicted octanol–water partition coefficient (Wildman–Crippen LogP) is 5.47. The third-order valence-corrected chi connectivity index (χ3v) is 5.40. The Hall–Kier alpha value is -3.08. The molecule has 5 rings (SSSR count). The lowest BCUT2D eigenvalue weighted by atomic mass is 10.0. The van der Waals surface area contributed by atoms with Gasteiger partial charge in [-0.15, -0.1) is 0 Å². The van der Waals surface area contributed by atoms with E-state index in [2.05, 4.69) is 4.90 Å². The zero-order valence-corrected chi connectivity index (χ0v) is 16.4. The van der Waals surface area contributed by atoms with Gasteiger partial charge in [-0.05, 0) is 41.5 Å². The van der Waals surface area contributed by atoms with Crippen LogP contribution >= 0.6 is 11.6 Å². The Morgan fingerprint density at radius 2 is 1.76 bits per heavy atom. The van der Waals surface area contributed by atoms with Gasteiger partial charge in [0, 0.05) is 23.5 Å². The average molecular weight is 404 g/mol. The summed E-state index contributed by atoms with van der Waals surface area (Å²) in [7, 11) is 0. The van der Waals surface area contributed by atoms with Gasteiger partial charge >= 0.3 is 5.63 Å². The van der Waals surface area contributed by atoms with Gasteiger partial charge in [-0.3, -0.25) is 4.90 Å². The first-order valence-electron chi connectivity index (χ1n) is 9.42. The molecule has 0 atom stereocenters. The second-order valence-corrected chi connectivity index (χ2v) is 7.60. The minimum absolute atomic E-state index is 0.341. The maximum Gasteiger partial charge on any atom is 0.344 e. The van der Waals surface area contributed by atoms with Crippen LogP contribution in [0.3, 0.4) is 0 Å². The third-order valence-electron chi connectivity index (χ3n) is 5.15. The van der Waals surface area contributed by atoms with E-state index in [-0.39, 0.29) is 5.63 Å². The SMILES string of the molecule is O=c1oc2c3c(ccc2cc1-c1ccccc1)OCN(Cc1ccc(Cl)cc1)C3. The topological polar surface area (TPSA) is 42.7 Å². The summed E-state index contributed by atoms with van der Waals surface area (Å²) in [6.45, 7) is 1.84. The van der Waals surface area contributed by atoms with Crippen molar-refractivity contribution >= 4 is 22.6 Å². The van der Waals surface area contributed by atoms with Crippen LogP contribution in [0.1, 0.15) is 11.1 Å². The molecule has 0 saturated carbocycles. The van der Waals surface area contributed by atoms with Gasteiger partial charge in [-0.1, -0.05) is 54.1 Å². The lowest BCUT2D eigenvalue weighted by Crippen LogP contribution is -2.31. The molecule has 0 spiro atoms. The molecule has 1 aliphatic heterocycles. The highest BCUT2D eigenvalue weighted by Crippen LogP contribution is 2.33. The highest BCUT2D eigenvalue weighted by molar-refractivity contribution is 6.30. The number of hydrogen-bond donors (Lipinski definition) is 0. The number of hydrogen-bond acceptors (Lipinski definition) is 4. The van der Waals surface area contributed by atoms with Gasteiger partial charge < -0.3 is 9.15 Å². The molecular weight excluding hydrogens is 386 g/mol. The van der Waals surface area contributed by atoms with Crippen LogP contribution < -0.4 is 10.4 Å². The molecule has 1 aromatic heterocycles. The van der Waals surface area contributed by atoms with Crippen molar-refractivity contribution in [1.29, 1.82) is 0 Å². The van der Waals surface area contributed by atoms with E-state index < -0.39 is 0 Å². The molecule has 2 heterocycles. The molecule has 5 heteroatoms. The highest BCUT2D eigenvalue weighted by Gasteiger charge is 2.22. The maximum absolute atomic E-state index is 12.7. The highest BCUT2D eigenvalue weighted by atomic mass is 35.5. The van der Waals surface area contributed by atoms with E-state index in [0.717, 1.165) is 39.4 Å². The molecule has 0 fully saturated rings. The van der Waals surface area contributed by atoms with Crippen molar-refractivity contribution in [1.82, 2.24) is 4.90 Å². The van der Waals surface area contributed by atoms with Gasteiger partial charge in [0.25, 0.3) is 0 Å². The van der Waals surface area contributed by atoms with Crippen molar-refractivity contribution in [3.05, 3.63) is 99.4 Å². The molecule has 0 bridgehead atoms. The molecule has 0 N–H and O–H groups in total. The molecule has 4 aromatic rings. The van der Waals surface area contributed by atoms with E-state index in [1.807, 2.05) is 72.8 Å².